The van der Waals surface area contributed by atoms with Gasteiger partial charge in [-0.25, -0.2) is 4.98 Å². The first-order chi connectivity index (χ1) is 5.55. The van der Waals surface area contributed by atoms with Gasteiger partial charge in [-0.1, -0.05) is 0 Å². The molecule has 0 saturated heterocycles. The summed E-state index contributed by atoms with van der Waals surface area (Å²) in [6, 6.07) is 0. The van der Waals surface area contributed by atoms with Crippen LogP contribution in [0.1, 0.15) is 11.4 Å². The Hall–Kier alpha value is -1.04. The van der Waals surface area contributed by atoms with Crippen molar-refractivity contribution in [1.82, 2.24) is 9.97 Å². The Kier molecular flexibility index (Phi) is 2.37. The van der Waals surface area contributed by atoms with Crippen LogP contribution in [0.4, 0.5) is 13.2 Å². The molecule has 0 aliphatic heterocycles. The van der Waals surface area contributed by atoms with Crippen LogP contribution in [-0.2, 0) is 12.6 Å². The van der Waals surface area contributed by atoms with Crippen molar-refractivity contribution in [1.29, 1.82) is 0 Å². The van der Waals surface area contributed by atoms with Crippen LogP contribution in [0.15, 0.2) is 6.33 Å². The number of H-pyrrole nitrogens is 1. The molecule has 1 aromatic heterocycles. The fourth-order valence-corrected chi connectivity index (χ4v) is 0.900. The zero-order valence-electron chi connectivity index (χ0n) is 6.15. The maximum absolute atomic E-state index is 12.1. The maximum Gasteiger partial charge on any atom is 0.435 e. The molecule has 0 saturated carbocycles. The molecule has 0 amide bonds. The summed E-state index contributed by atoms with van der Waals surface area (Å²) in [4.78, 5) is 5.57. The van der Waals surface area contributed by atoms with E-state index in [4.69, 9.17) is 5.73 Å². The van der Waals surface area contributed by atoms with Gasteiger partial charge in [0.1, 0.15) is 0 Å². The summed E-state index contributed by atoms with van der Waals surface area (Å²) in [5.41, 5.74) is 4.30. The summed E-state index contributed by atoms with van der Waals surface area (Å²) in [6.45, 7) is 0.172. The quantitative estimate of drug-likeness (QED) is 0.709. The average molecular weight is 179 g/mol. The summed E-state index contributed by atoms with van der Waals surface area (Å²) < 4.78 is 36.2. The van der Waals surface area contributed by atoms with Crippen molar-refractivity contribution >= 4 is 0 Å². The van der Waals surface area contributed by atoms with E-state index >= 15 is 0 Å². The molecule has 0 aliphatic carbocycles. The molecular formula is C6H8F3N3. The van der Waals surface area contributed by atoms with Crippen LogP contribution in [-0.4, -0.2) is 16.5 Å². The molecular weight excluding hydrogens is 171 g/mol. The minimum atomic E-state index is -4.38. The van der Waals surface area contributed by atoms with Gasteiger partial charge in [0.25, 0.3) is 0 Å². The van der Waals surface area contributed by atoms with E-state index in [0.29, 0.717) is 0 Å². The number of rotatable bonds is 2. The van der Waals surface area contributed by atoms with Crippen LogP contribution >= 0.6 is 0 Å². The van der Waals surface area contributed by atoms with Crippen molar-refractivity contribution in [3.63, 3.8) is 0 Å². The van der Waals surface area contributed by atoms with Gasteiger partial charge in [-0.3, -0.25) is 0 Å². The van der Waals surface area contributed by atoms with E-state index in [1.807, 2.05) is 0 Å². The SMILES string of the molecule is NCCc1[nH]cnc1C(F)(F)F. The number of nitrogens with two attached hydrogens (primary N) is 1. The number of nitrogens with zero attached hydrogens (tertiary/aromatic N) is 1. The van der Waals surface area contributed by atoms with Crippen molar-refractivity contribution < 1.29 is 13.2 Å². The first-order valence-electron chi connectivity index (χ1n) is 3.35. The van der Waals surface area contributed by atoms with Crippen LogP contribution in [0.5, 0.6) is 0 Å². The fourth-order valence-electron chi connectivity index (χ4n) is 0.900. The van der Waals surface area contributed by atoms with Crippen molar-refractivity contribution in [2.45, 2.75) is 12.6 Å². The lowest BCUT2D eigenvalue weighted by Crippen LogP contribution is -2.12. The predicted octanol–water partition coefficient (Wildman–Crippen LogP) is 0.930. The fraction of sp³-hybridized carbons (Fsp3) is 0.500. The molecule has 0 aliphatic rings. The molecule has 12 heavy (non-hydrogen) atoms. The number of aromatic amines is 1. The molecule has 68 valence electrons. The molecule has 6 heteroatoms. The highest BCUT2D eigenvalue weighted by Gasteiger charge is 2.35. The van der Waals surface area contributed by atoms with Crippen LogP contribution < -0.4 is 5.73 Å². The highest BCUT2D eigenvalue weighted by atomic mass is 19.4. The highest BCUT2D eigenvalue weighted by Crippen LogP contribution is 2.29. The summed E-state index contributed by atoms with van der Waals surface area (Å²) in [5, 5.41) is 0. The average Bonchev–Trinajstić information content (AvgIpc) is 2.34. The molecule has 0 spiro atoms. The molecule has 0 fully saturated rings. The summed E-state index contributed by atoms with van der Waals surface area (Å²) >= 11 is 0. The largest absolute Gasteiger partial charge is 0.435 e. The lowest BCUT2D eigenvalue weighted by Gasteiger charge is -2.04. The van der Waals surface area contributed by atoms with Gasteiger partial charge in [0.2, 0.25) is 0 Å². The van der Waals surface area contributed by atoms with Gasteiger partial charge in [0.05, 0.1) is 6.33 Å². The number of imidazole rings is 1. The minimum absolute atomic E-state index is 0.0463. The van der Waals surface area contributed by atoms with Gasteiger partial charge in [-0.05, 0) is 6.54 Å². The van der Waals surface area contributed by atoms with Crippen LogP contribution in [0, 0.1) is 0 Å². The molecule has 0 atom stereocenters. The first kappa shape index (κ1) is 9.05. The van der Waals surface area contributed by atoms with Gasteiger partial charge in [-0.2, -0.15) is 13.2 Å². The molecule has 1 heterocycles. The molecule has 0 bridgehead atoms. The molecule has 3 nitrogen and oxygen atoms in total. The Bertz CT molecular complexity index is 253. The Morgan fingerprint density at radius 3 is 2.67 bits per heavy atom. The Labute approximate surface area is 66.8 Å². The summed E-state index contributed by atoms with van der Waals surface area (Å²) in [7, 11) is 0. The van der Waals surface area contributed by atoms with Gasteiger partial charge >= 0.3 is 6.18 Å². The van der Waals surface area contributed by atoms with Gasteiger partial charge < -0.3 is 10.7 Å². The van der Waals surface area contributed by atoms with Crippen molar-refractivity contribution in [3.8, 4) is 0 Å². The summed E-state index contributed by atoms with van der Waals surface area (Å²) in [5.74, 6) is 0. The standard InChI is InChI=1S/C6H8F3N3/c7-6(8,9)5-4(1-2-10)11-3-12-5/h3H,1-2,10H2,(H,11,12). The zero-order chi connectivity index (χ0) is 9.19. The van der Waals surface area contributed by atoms with Crippen molar-refractivity contribution in [2.75, 3.05) is 6.54 Å². The third-order valence-electron chi connectivity index (χ3n) is 1.38. The van der Waals surface area contributed by atoms with Crippen LogP contribution in [0.2, 0.25) is 0 Å². The van der Waals surface area contributed by atoms with E-state index in [-0.39, 0.29) is 18.7 Å². The van der Waals surface area contributed by atoms with E-state index in [2.05, 4.69) is 9.97 Å². The number of nitrogens with one attached hydrogen (secondary N) is 1. The van der Waals surface area contributed by atoms with E-state index < -0.39 is 11.9 Å². The number of halogens is 3. The van der Waals surface area contributed by atoms with E-state index in [9.17, 15) is 13.2 Å². The topological polar surface area (TPSA) is 54.7 Å². The molecule has 3 N–H and O–H groups in total. The Morgan fingerprint density at radius 1 is 1.50 bits per heavy atom. The highest BCUT2D eigenvalue weighted by molar-refractivity contribution is 5.14. The molecule has 1 rings (SSSR count). The lowest BCUT2D eigenvalue weighted by atomic mass is 10.2. The van der Waals surface area contributed by atoms with E-state index in [1.54, 1.807) is 0 Å². The number of hydrogen-bond donors (Lipinski definition) is 2. The van der Waals surface area contributed by atoms with Crippen LogP contribution in [0.3, 0.4) is 0 Å². The van der Waals surface area contributed by atoms with E-state index in [0.717, 1.165) is 6.33 Å². The third kappa shape index (κ3) is 1.76. The van der Waals surface area contributed by atoms with E-state index in [1.165, 1.54) is 0 Å². The molecule has 1 aromatic rings. The third-order valence-corrected chi connectivity index (χ3v) is 1.38. The smallest absolute Gasteiger partial charge is 0.348 e. The van der Waals surface area contributed by atoms with Gasteiger partial charge in [-0.15, -0.1) is 0 Å². The normalized spacial score (nSPS) is 12.0. The van der Waals surface area contributed by atoms with Gasteiger partial charge in [0, 0.05) is 12.1 Å². The number of alkyl halides is 3. The number of hydrogen-bond acceptors (Lipinski definition) is 2. The summed E-state index contributed by atoms with van der Waals surface area (Å²) in [6.07, 6.45) is -3.20. The zero-order valence-corrected chi connectivity index (χ0v) is 6.15. The second-order valence-electron chi connectivity index (χ2n) is 2.27. The molecule has 0 unspecified atom stereocenters. The van der Waals surface area contributed by atoms with Crippen molar-refractivity contribution in [3.05, 3.63) is 17.7 Å². The van der Waals surface area contributed by atoms with Crippen molar-refractivity contribution in [2.24, 2.45) is 5.73 Å². The maximum atomic E-state index is 12.1. The second kappa shape index (κ2) is 3.14. The van der Waals surface area contributed by atoms with Gasteiger partial charge in [0.15, 0.2) is 5.69 Å². The first-order valence-corrected chi connectivity index (χ1v) is 3.35. The minimum Gasteiger partial charge on any atom is -0.348 e. The Balaban J connectivity index is 2.91. The molecule has 0 aromatic carbocycles. The number of aromatic nitrogens is 2. The monoisotopic (exact) mass is 179 g/mol. The molecule has 0 radical (unpaired) electrons. The second-order valence-corrected chi connectivity index (χ2v) is 2.27. The lowest BCUT2D eigenvalue weighted by molar-refractivity contribution is -0.141. The van der Waals surface area contributed by atoms with Crippen LogP contribution in [0.25, 0.3) is 0 Å². The predicted molar refractivity (Wildman–Crippen MR) is 36.3 cm³/mol. The Morgan fingerprint density at radius 2 is 2.17 bits per heavy atom.